The first-order valence-electron chi connectivity index (χ1n) is 5.96. The molecule has 2 rings (SSSR count). The van der Waals surface area contributed by atoms with Gasteiger partial charge in [0, 0.05) is 28.9 Å². The van der Waals surface area contributed by atoms with Crippen molar-refractivity contribution in [3.05, 3.63) is 44.7 Å². The van der Waals surface area contributed by atoms with Crippen LogP contribution >= 0.6 is 27.3 Å². The highest BCUT2D eigenvalue weighted by Crippen LogP contribution is 2.21. The average molecular weight is 325 g/mol. The molecule has 2 nitrogen and oxygen atoms in total. The first-order valence-corrected chi connectivity index (χ1v) is 7.63. The van der Waals surface area contributed by atoms with E-state index in [4.69, 9.17) is 0 Å². The highest BCUT2D eigenvalue weighted by Gasteiger charge is 2.13. The molecule has 96 valence electrons. The summed E-state index contributed by atoms with van der Waals surface area (Å²) >= 11 is 5.30. The van der Waals surface area contributed by atoms with Gasteiger partial charge in [0.15, 0.2) is 0 Å². The molecule has 0 N–H and O–H groups in total. The number of halogens is 1. The summed E-state index contributed by atoms with van der Waals surface area (Å²) in [4.78, 5) is 8.26. The number of thiophene rings is 1. The van der Waals surface area contributed by atoms with E-state index in [1.54, 1.807) is 0 Å². The normalized spacial score (nSPS) is 12.4. The van der Waals surface area contributed by atoms with E-state index in [0.29, 0.717) is 6.04 Å². The third-order valence-corrected chi connectivity index (χ3v) is 4.84. The second kappa shape index (κ2) is 5.85. The molecule has 4 heteroatoms. The molecule has 0 saturated heterocycles. The molecule has 0 saturated carbocycles. The molecule has 0 amide bonds. The van der Waals surface area contributed by atoms with Crippen molar-refractivity contribution in [3.63, 3.8) is 0 Å². The summed E-state index contributed by atoms with van der Waals surface area (Å²) in [5.41, 5.74) is 1.03. The molecule has 0 aromatic carbocycles. The van der Waals surface area contributed by atoms with Gasteiger partial charge in [0.25, 0.3) is 0 Å². The number of hydrogen-bond acceptors (Lipinski definition) is 3. The molecule has 0 aliphatic heterocycles. The molecule has 0 bridgehead atoms. The summed E-state index contributed by atoms with van der Waals surface area (Å²) in [7, 11) is 2.11. The monoisotopic (exact) mass is 324 g/mol. The molecule has 2 aromatic rings. The van der Waals surface area contributed by atoms with E-state index in [1.807, 2.05) is 18.3 Å². The van der Waals surface area contributed by atoms with Crippen molar-refractivity contribution in [2.75, 3.05) is 11.9 Å². The Kier molecular flexibility index (Phi) is 4.40. The lowest BCUT2D eigenvalue weighted by Crippen LogP contribution is -2.31. The average Bonchev–Trinajstić information content (AvgIpc) is 2.84. The molecule has 0 aliphatic rings. The second-order valence-corrected chi connectivity index (χ2v) is 6.37. The van der Waals surface area contributed by atoms with E-state index in [0.717, 1.165) is 22.4 Å². The van der Waals surface area contributed by atoms with Crippen LogP contribution in [-0.4, -0.2) is 18.1 Å². The predicted molar refractivity (Wildman–Crippen MR) is 82.6 cm³/mol. The molecule has 0 spiro atoms. The van der Waals surface area contributed by atoms with Crippen LogP contribution in [-0.2, 0) is 6.42 Å². The minimum atomic E-state index is 0.441. The Balaban J connectivity index is 2.10. The lowest BCUT2D eigenvalue weighted by molar-refractivity contribution is 0.679. The summed E-state index contributed by atoms with van der Waals surface area (Å²) in [6.45, 7) is 4.25. The Bertz CT molecular complexity index is 511. The maximum Gasteiger partial charge on any atom is 0.128 e. The number of hydrogen-bond donors (Lipinski definition) is 0. The number of rotatable bonds is 4. The number of aryl methyl sites for hydroxylation is 1. The van der Waals surface area contributed by atoms with Crippen molar-refractivity contribution in [1.82, 2.24) is 4.98 Å². The number of nitrogens with zero attached hydrogens (tertiary/aromatic N) is 2. The fraction of sp³-hybridized carbons (Fsp3) is 0.357. The van der Waals surface area contributed by atoms with E-state index < -0.39 is 0 Å². The summed E-state index contributed by atoms with van der Waals surface area (Å²) in [6.07, 6.45) is 1.06. The van der Waals surface area contributed by atoms with Crippen molar-refractivity contribution in [3.8, 4) is 0 Å². The smallest absolute Gasteiger partial charge is 0.128 e. The molecule has 0 aliphatic carbocycles. The number of anilines is 1. The minimum Gasteiger partial charge on any atom is -0.357 e. The summed E-state index contributed by atoms with van der Waals surface area (Å²) < 4.78 is 1.06. The topological polar surface area (TPSA) is 16.1 Å². The van der Waals surface area contributed by atoms with E-state index in [2.05, 4.69) is 69.4 Å². The van der Waals surface area contributed by atoms with Crippen LogP contribution in [0.15, 0.2) is 34.1 Å². The number of likely N-dealkylation sites (N-methyl/N-ethyl adjacent to an activating group) is 1. The molecule has 0 fully saturated rings. The van der Waals surface area contributed by atoms with Crippen LogP contribution in [0.4, 0.5) is 5.82 Å². The third kappa shape index (κ3) is 3.12. The Morgan fingerprint density at radius 3 is 2.78 bits per heavy atom. The zero-order valence-electron chi connectivity index (χ0n) is 10.9. The van der Waals surface area contributed by atoms with Gasteiger partial charge < -0.3 is 4.90 Å². The quantitative estimate of drug-likeness (QED) is 0.834. The summed E-state index contributed by atoms with van der Waals surface area (Å²) in [6, 6.07) is 8.86. The zero-order chi connectivity index (χ0) is 13.1. The van der Waals surface area contributed by atoms with Crippen molar-refractivity contribution in [2.24, 2.45) is 0 Å². The molecule has 18 heavy (non-hydrogen) atoms. The highest BCUT2D eigenvalue weighted by molar-refractivity contribution is 9.10. The number of pyridine rings is 1. The minimum absolute atomic E-state index is 0.441. The molecule has 2 heterocycles. The maximum atomic E-state index is 4.61. The van der Waals surface area contributed by atoms with Crippen molar-refractivity contribution >= 4 is 33.1 Å². The summed E-state index contributed by atoms with van der Waals surface area (Å²) in [5, 5.41) is 2.13. The zero-order valence-corrected chi connectivity index (χ0v) is 13.3. The SMILES string of the molecule is Cc1nc(N(C)C(C)Cc2cccs2)ccc1Br. The van der Waals surface area contributed by atoms with Gasteiger partial charge in [0.2, 0.25) is 0 Å². The Labute approximate surface area is 121 Å². The van der Waals surface area contributed by atoms with Gasteiger partial charge in [-0.3, -0.25) is 0 Å². The van der Waals surface area contributed by atoms with Crippen LogP contribution in [0.25, 0.3) is 0 Å². The van der Waals surface area contributed by atoms with Crippen molar-refractivity contribution < 1.29 is 0 Å². The second-order valence-electron chi connectivity index (χ2n) is 4.48. The van der Waals surface area contributed by atoms with Crippen LogP contribution < -0.4 is 4.90 Å². The van der Waals surface area contributed by atoms with Crippen LogP contribution in [0.1, 0.15) is 17.5 Å². The lowest BCUT2D eigenvalue weighted by Gasteiger charge is -2.26. The standard InChI is InChI=1S/C14H17BrN2S/c1-10(9-12-5-4-8-18-12)17(3)14-7-6-13(15)11(2)16-14/h4-8,10H,9H2,1-3H3. The van der Waals surface area contributed by atoms with E-state index in [9.17, 15) is 0 Å². The fourth-order valence-electron chi connectivity index (χ4n) is 1.81. The molecule has 0 radical (unpaired) electrons. The fourth-order valence-corrected chi connectivity index (χ4v) is 2.86. The number of aromatic nitrogens is 1. The van der Waals surface area contributed by atoms with Crippen LogP contribution in [0.5, 0.6) is 0 Å². The first-order chi connectivity index (χ1) is 8.58. The van der Waals surface area contributed by atoms with Gasteiger partial charge in [-0.2, -0.15) is 0 Å². The molecule has 2 aromatic heterocycles. The van der Waals surface area contributed by atoms with Crippen molar-refractivity contribution in [1.29, 1.82) is 0 Å². The van der Waals surface area contributed by atoms with E-state index in [1.165, 1.54) is 4.88 Å². The first kappa shape index (κ1) is 13.6. The Morgan fingerprint density at radius 2 is 2.17 bits per heavy atom. The predicted octanol–water partition coefficient (Wildman–Crippen LogP) is 4.28. The van der Waals surface area contributed by atoms with Gasteiger partial charge in [-0.15, -0.1) is 11.3 Å². The van der Waals surface area contributed by atoms with Gasteiger partial charge in [-0.25, -0.2) is 4.98 Å². The van der Waals surface area contributed by atoms with Crippen molar-refractivity contribution in [2.45, 2.75) is 26.3 Å². The Hall–Kier alpha value is -0.870. The molecule has 1 atom stereocenters. The van der Waals surface area contributed by atoms with Gasteiger partial charge in [-0.05, 0) is 53.4 Å². The largest absolute Gasteiger partial charge is 0.357 e. The molecular formula is C14H17BrN2S. The van der Waals surface area contributed by atoms with Gasteiger partial charge in [0.05, 0.1) is 5.69 Å². The molecule has 1 unspecified atom stereocenters. The van der Waals surface area contributed by atoms with Gasteiger partial charge in [-0.1, -0.05) is 6.07 Å². The molecular weight excluding hydrogens is 308 g/mol. The van der Waals surface area contributed by atoms with Gasteiger partial charge >= 0.3 is 0 Å². The van der Waals surface area contributed by atoms with E-state index in [-0.39, 0.29) is 0 Å². The maximum absolute atomic E-state index is 4.61. The van der Waals surface area contributed by atoms with Crippen LogP contribution in [0, 0.1) is 6.92 Å². The lowest BCUT2D eigenvalue weighted by atomic mass is 10.2. The van der Waals surface area contributed by atoms with Gasteiger partial charge in [0.1, 0.15) is 5.82 Å². The van der Waals surface area contributed by atoms with Crippen LogP contribution in [0.2, 0.25) is 0 Å². The highest BCUT2D eigenvalue weighted by atomic mass is 79.9. The summed E-state index contributed by atoms with van der Waals surface area (Å²) in [5.74, 6) is 1.03. The van der Waals surface area contributed by atoms with E-state index >= 15 is 0 Å². The Morgan fingerprint density at radius 1 is 1.39 bits per heavy atom. The third-order valence-electron chi connectivity index (χ3n) is 3.11. The van der Waals surface area contributed by atoms with Crippen LogP contribution in [0.3, 0.4) is 0 Å².